The van der Waals surface area contributed by atoms with Crippen LogP contribution < -0.4 is 4.74 Å². The van der Waals surface area contributed by atoms with Crippen molar-refractivity contribution in [3.63, 3.8) is 0 Å². The molecule has 0 bridgehead atoms. The van der Waals surface area contributed by atoms with Gasteiger partial charge in [0.2, 0.25) is 0 Å². The van der Waals surface area contributed by atoms with E-state index in [9.17, 15) is 4.91 Å². The summed E-state index contributed by atoms with van der Waals surface area (Å²) in [5, 5.41) is 3.30. The molecule has 6 nitrogen and oxygen atoms in total. The lowest BCUT2D eigenvalue weighted by atomic mass is 9.91. The average molecular weight is 443 g/mol. The number of nitroso groups, excluding NO2 is 1. The molecule has 2 aliphatic heterocycles. The minimum atomic E-state index is -0.302. The molecular formula is C27H30N4O2. The number of imidazole rings is 1. The van der Waals surface area contributed by atoms with Gasteiger partial charge >= 0.3 is 0 Å². The van der Waals surface area contributed by atoms with E-state index in [0.29, 0.717) is 5.69 Å². The summed E-state index contributed by atoms with van der Waals surface area (Å²) in [6.07, 6.45) is 9.73. The molecule has 33 heavy (non-hydrogen) atoms. The van der Waals surface area contributed by atoms with Crippen LogP contribution in [0.3, 0.4) is 0 Å². The molecule has 170 valence electrons. The molecular weight excluding hydrogens is 412 g/mol. The number of hydrogen-bond acceptors (Lipinski definition) is 5. The second-order valence-electron chi connectivity index (χ2n) is 9.58. The molecule has 1 atom stereocenters. The average Bonchev–Trinajstić information content (AvgIpc) is 3.47. The van der Waals surface area contributed by atoms with Crippen molar-refractivity contribution in [3.8, 4) is 11.4 Å². The van der Waals surface area contributed by atoms with Crippen LogP contribution in [-0.2, 0) is 6.42 Å². The van der Waals surface area contributed by atoms with Gasteiger partial charge in [0.05, 0.1) is 6.33 Å². The first-order valence-electron chi connectivity index (χ1n) is 11.5. The monoisotopic (exact) mass is 442 g/mol. The van der Waals surface area contributed by atoms with E-state index >= 15 is 0 Å². The van der Waals surface area contributed by atoms with E-state index in [1.807, 2.05) is 37.9 Å². The van der Waals surface area contributed by atoms with Gasteiger partial charge in [0.15, 0.2) is 0 Å². The Kier molecular flexibility index (Phi) is 5.41. The number of benzene rings is 2. The smallest absolute Gasteiger partial charge is 0.127 e. The Bertz CT molecular complexity index is 1230. The van der Waals surface area contributed by atoms with Gasteiger partial charge in [-0.1, -0.05) is 18.2 Å². The molecule has 0 radical (unpaired) electrons. The van der Waals surface area contributed by atoms with Crippen molar-refractivity contribution in [2.24, 2.45) is 5.18 Å². The molecule has 2 aromatic carbocycles. The molecule has 2 aliphatic rings. The fraction of sp³-hybridized carbons (Fsp3) is 0.370. The first-order chi connectivity index (χ1) is 15.9. The first-order valence-corrected chi connectivity index (χ1v) is 11.5. The Morgan fingerprint density at radius 2 is 1.91 bits per heavy atom. The second kappa shape index (κ2) is 8.27. The van der Waals surface area contributed by atoms with E-state index < -0.39 is 0 Å². The van der Waals surface area contributed by atoms with Crippen LogP contribution in [0.2, 0.25) is 0 Å². The topological polar surface area (TPSA) is 59.7 Å². The zero-order valence-electron chi connectivity index (χ0n) is 19.8. The van der Waals surface area contributed by atoms with Gasteiger partial charge in [-0.2, -0.15) is 0 Å². The summed E-state index contributed by atoms with van der Waals surface area (Å²) in [5.41, 5.74) is 8.14. The van der Waals surface area contributed by atoms with Crippen LogP contribution in [0.15, 0.2) is 54.2 Å². The van der Waals surface area contributed by atoms with Crippen molar-refractivity contribution >= 4 is 11.3 Å². The third-order valence-electron chi connectivity index (χ3n) is 7.22. The maximum atomic E-state index is 11.4. The maximum absolute atomic E-state index is 11.4. The zero-order valence-corrected chi connectivity index (χ0v) is 19.8. The summed E-state index contributed by atoms with van der Waals surface area (Å²) >= 11 is 0. The van der Waals surface area contributed by atoms with Gasteiger partial charge in [0.1, 0.15) is 17.0 Å². The summed E-state index contributed by atoms with van der Waals surface area (Å²) in [5.74, 6) is 0.950. The maximum Gasteiger partial charge on any atom is 0.127 e. The third kappa shape index (κ3) is 3.89. The lowest BCUT2D eigenvalue weighted by molar-refractivity contribution is 0.0670. The van der Waals surface area contributed by atoms with E-state index in [2.05, 4.69) is 52.3 Å². The number of aromatic nitrogens is 2. The van der Waals surface area contributed by atoms with Crippen molar-refractivity contribution in [1.82, 2.24) is 14.5 Å². The summed E-state index contributed by atoms with van der Waals surface area (Å²) in [7, 11) is 0. The highest BCUT2D eigenvalue weighted by molar-refractivity contribution is 5.68. The van der Waals surface area contributed by atoms with Crippen LogP contribution >= 0.6 is 0 Å². The van der Waals surface area contributed by atoms with Crippen LogP contribution in [0.1, 0.15) is 41.2 Å². The van der Waals surface area contributed by atoms with E-state index in [-0.39, 0.29) is 5.60 Å². The Labute approximate surface area is 194 Å². The summed E-state index contributed by atoms with van der Waals surface area (Å²) in [4.78, 5) is 18.0. The summed E-state index contributed by atoms with van der Waals surface area (Å²) in [6, 6.07) is 8.68. The third-order valence-corrected chi connectivity index (χ3v) is 7.22. The molecule has 0 N–H and O–H groups in total. The molecule has 1 unspecified atom stereocenters. The fourth-order valence-electron chi connectivity index (χ4n) is 5.25. The molecule has 6 heteroatoms. The lowest BCUT2D eigenvalue weighted by Crippen LogP contribution is -2.45. The Hall–Kier alpha value is -3.25. The van der Waals surface area contributed by atoms with Crippen LogP contribution in [-0.4, -0.2) is 39.7 Å². The molecule has 0 aliphatic carbocycles. The zero-order chi connectivity index (χ0) is 23.2. The number of ether oxygens (including phenoxy) is 1. The van der Waals surface area contributed by atoms with Gasteiger partial charge in [0, 0.05) is 49.7 Å². The Morgan fingerprint density at radius 3 is 2.55 bits per heavy atom. The van der Waals surface area contributed by atoms with Crippen molar-refractivity contribution in [2.75, 3.05) is 19.6 Å². The molecule has 0 saturated heterocycles. The van der Waals surface area contributed by atoms with Crippen molar-refractivity contribution in [1.29, 1.82) is 0 Å². The van der Waals surface area contributed by atoms with Crippen LogP contribution in [0.25, 0.3) is 11.3 Å². The number of fused-ring (bicyclic) bond motifs is 1. The standard InChI is InChI=1S/C27H30N4O2/c1-18-19(2)26-24(20(3)25(18)29-32)15-27(4,33-26)16-30-12-9-22(10-13-30)21-5-7-23(8-6-21)31-14-11-28-17-31/h5-9,11,14,17H,10,12-13,15-16H2,1-4H3. The quantitative estimate of drug-likeness (QED) is 0.477. The van der Waals surface area contributed by atoms with E-state index in [4.69, 9.17) is 4.74 Å². The van der Waals surface area contributed by atoms with Gasteiger partial charge in [0.25, 0.3) is 0 Å². The highest BCUT2D eigenvalue weighted by Crippen LogP contribution is 2.45. The molecule has 0 amide bonds. The normalized spacial score (nSPS) is 20.3. The van der Waals surface area contributed by atoms with Crippen LogP contribution in [0, 0.1) is 25.7 Å². The van der Waals surface area contributed by atoms with Gasteiger partial charge in [-0.25, -0.2) is 4.98 Å². The molecule has 0 spiro atoms. The predicted molar refractivity (Wildman–Crippen MR) is 131 cm³/mol. The van der Waals surface area contributed by atoms with E-state index in [1.54, 1.807) is 6.20 Å². The van der Waals surface area contributed by atoms with Crippen molar-refractivity contribution in [3.05, 3.63) is 81.8 Å². The van der Waals surface area contributed by atoms with Crippen molar-refractivity contribution in [2.45, 2.75) is 46.1 Å². The molecule has 3 heterocycles. The van der Waals surface area contributed by atoms with Gasteiger partial charge < -0.3 is 9.30 Å². The fourth-order valence-corrected chi connectivity index (χ4v) is 5.25. The highest BCUT2D eigenvalue weighted by Gasteiger charge is 2.39. The van der Waals surface area contributed by atoms with Gasteiger partial charge in [-0.15, -0.1) is 4.91 Å². The Balaban J connectivity index is 1.27. The number of rotatable bonds is 5. The summed E-state index contributed by atoms with van der Waals surface area (Å²) < 4.78 is 8.55. The number of hydrogen-bond donors (Lipinski definition) is 0. The van der Waals surface area contributed by atoms with Crippen LogP contribution in [0.4, 0.5) is 5.69 Å². The predicted octanol–water partition coefficient (Wildman–Crippen LogP) is 5.68. The minimum Gasteiger partial charge on any atom is -0.485 e. The SMILES string of the molecule is Cc1c(C)c2c(c(C)c1N=O)CC(C)(CN1CC=C(c3ccc(-n4ccnc4)cc3)CC1)O2. The molecule has 0 saturated carbocycles. The second-order valence-corrected chi connectivity index (χ2v) is 9.58. The van der Waals surface area contributed by atoms with Gasteiger partial charge in [-0.3, -0.25) is 4.90 Å². The van der Waals surface area contributed by atoms with E-state index in [0.717, 1.165) is 66.2 Å². The first kappa shape index (κ1) is 21.6. The summed E-state index contributed by atoms with van der Waals surface area (Å²) in [6.45, 7) is 10.9. The van der Waals surface area contributed by atoms with Gasteiger partial charge in [-0.05, 0) is 79.3 Å². The number of nitrogens with zero attached hydrogens (tertiary/aromatic N) is 4. The highest BCUT2D eigenvalue weighted by atomic mass is 16.5. The molecule has 1 aromatic heterocycles. The van der Waals surface area contributed by atoms with Crippen molar-refractivity contribution < 1.29 is 4.74 Å². The largest absolute Gasteiger partial charge is 0.485 e. The molecule has 3 aromatic rings. The van der Waals surface area contributed by atoms with E-state index in [1.165, 1.54) is 11.1 Å². The van der Waals surface area contributed by atoms with Crippen LogP contribution in [0.5, 0.6) is 5.75 Å². The lowest BCUT2D eigenvalue weighted by Gasteiger charge is -2.34. The minimum absolute atomic E-state index is 0.302. The Morgan fingerprint density at radius 1 is 1.12 bits per heavy atom. The molecule has 0 fully saturated rings. The molecule has 5 rings (SSSR count).